The highest BCUT2D eigenvalue weighted by Gasteiger charge is 2.39. The van der Waals surface area contributed by atoms with Crippen molar-refractivity contribution in [2.75, 3.05) is 45.9 Å². The molecule has 37 heavy (non-hydrogen) atoms. The molecule has 1 unspecified atom stereocenters. The molecule has 2 heterocycles. The van der Waals surface area contributed by atoms with Crippen LogP contribution in [0.5, 0.6) is 11.5 Å². The first-order valence-electron chi connectivity index (χ1n) is 13.5. The minimum Gasteiger partial charge on any atom is -0.508 e. The number of likely N-dealkylation sites (tertiary alicyclic amines) is 1. The van der Waals surface area contributed by atoms with Crippen molar-refractivity contribution in [2.24, 2.45) is 5.41 Å². The number of nitrogens with zero attached hydrogens (tertiary/aromatic N) is 1. The van der Waals surface area contributed by atoms with Crippen LogP contribution in [-0.2, 0) is 0 Å². The van der Waals surface area contributed by atoms with Gasteiger partial charge < -0.3 is 20.3 Å². The number of nitrogens with one attached hydrogen (secondary N) is 1. The van der Waals surface area contributed by atoms with Crippen molar-refractivity contribution in [3.63, 3.8) is 0 Å². The van der Waals surface area contributed by atoms with Crippen molar-refractivity contribution < 1.29 is 14.9 Å². The Morgan fingerprint density at radius 3 is 2.30 bits per heavy atom. The third-order valence-corrected chi connectivity index (χ3v) is 7.83. The summed E-state index contributed by atoms with van der Waals surface area (Å²) in [5.74, 6) is 1.12. The Morgan fingerprint density at radius 1 is 0.892 bits per heavy atom. The van der Waals surface area contributed by atoms with E-state index in [-0.39, 0.29) is 12.4 Å². The number of phenolic OH excluding ortho intramolecular Hbond substituents is 1. The molecule has 5 rings (SSSR count). The molecular weight excluding hydrogens is 460 g/mol. The number of benzene rings is 3. The Morgan fingerprint density at radius 2 is 1.62 bits per heavy atom. The maximum atomic E-state index is 9.89. The van der Waals surface area contributed by atoms with E-state index in [9.17, 15) is 10.2 Å². The standard InChI is InChI=1S/C32H38N2O3/c35-21-4-7-30(25-5-2-1-3-6-25)31(26-8-12-28(36)13-9-26)27-10-14-29(15-11-27)37-22-20-34-19-17-32(24-34)16-18-33-23-32/h1-3,5-6,8-15,33,35-36H,4,7,16-24H2. The number of aliphatic hydroxyl groups is 1. The number of allylic oxidation sites excluding steroid dienone is 1. The summed E-state index contributed by atoms with van der Waals surface area (Å²) in [7, 11) is 0. The fourth-order valence-corrected chi connectivity index (χ4v) is 5.82. The molecule has 2 aliphatic rings. The van der Waals surface area contributed by atoms with Crippen molar-refractivity contribution in [1.29, 1.82) is 0 Å². The number of ether oxygens (including phenoxy) is 1. The first kappa shape index (κ1) is 25.5. The molecule has 2 saturated heterocycles. The lowest BCUT2D eigenvalue weighted by atomic mass is 9.87. The number of phenols is 1. The molecule has 0 bridgehead atoms. The molecule has 3 N–H and O–H groups in total. The Bertz CT molecular complexity index is 1170. The second-order valence-corrected chi connectivity index (χ2v) is 10.4. The quantitative estimate of drug-likeness (QED) is 0.336. The summed E-state index contributed by atoms with van der Waals surface area (Å²) in [6.45, 7) is 6.45. The van der Waals surface area contributed by atoms with Crippen molar-refractivity contribution in [2.45, 2.75) is 25.7 Å². The summed E-state index contributed by atoms with van der Waals surface area (Å²) in [5.41, 5.74) is 6.04. The van der Waals surface area contributed by atoms with E-state index in [1.54, 1.807) is 12.1 Å². The highest BCUT2D eigenvalue weighted by atomic mass is 16.5. The number of hydrogen-bond acceptors (Lipinski definition) is 5. The molecule has 5 heteroatoms. The van der Waals surface area contributed by atoms with Crippen LogP contribution >= 0.6 is 0 Å². The van der Waals surface area contributed by atoms with Gasteiger partial charge in [0.1, 0.15) is 18.1 Å². The number of rotatable bonds is 10. The summed E-state index contributed by atoms with van der Waals surface area (Å²) in [6.07, 6.45) is 4.02. The highest BCUT2D eigenvalue weighted by molar-refractivity contribution is 5.98. The third-order valence-electron chi connectivity index (χ3n) is 7.83. The first-order valence-corrected chi connectivity index (χ1v) is 13.5. The smallest absolute Gasteiger partial charge is 0.119 e. The summed E-state index contributed by atoms with van der Waals surface area (Å²) in [4.78, 5) is 2.54. The average Bonchev–Trinajstić information content (AvgIpc) is 3.57. The lowest BCUT2D eigenvalue weighted by Gasteiger charge is -2.22. The van der Waals surface area contributed by atoms with Crippen LogP contribution in [0, 0.1) is 5.41 Å². The van der Waals surface area contributed by atoms with E-state index in [1.807, 2.05) is 30.3 Å². The second kappa shape index (κ2) is 12.0. The third kappa shape index (κ3) is 6.24. The van der Waals surface area contributed by atoms with E-state index in [4.69, 9.17) is 4.74 Å². The fourth-order valence-electron chi connectivity index (χ4n) is 5.82. The van der Waals surface area contributed by atoms with Gasteiger partial charge >= 0.3 is 0 Å². The Labute approximate surface area is 220 Å². The van der Waals surface area contributed by atoms with Gasteiger partial charge in [0, 0.05) is 26.2 Å². The van der Waals surface area contributed by atoms with Crippen LogP contribution in [0.4, 0.5) is 0 Å². The van der Waals surface area contributed by atoms with Gasteiger partial charge in [0.2, 0.25) is 0 Å². The highest BCUT2D eigenvalue weighted by Crippen LogP contribution is 2.37. The van der Waals surface area contributed by atoms with Crippen molar-refractivity contribution in [3.8, 4) is 11.5 Å². The van der Waals surface area contributed by atoms with Crippen molar-refractivity contribution in [3.05, 3.63) is 95.6 Å². The van der Waals surface area contributed by atoms with Crippen LogP contribution < -0.4 is 10.1 Å². The van der Waals surface area contributed by atoms with E-state index in [2.05, 4.69) is 46.6 Å². The molecule has 3 aromatic rings. The van der Waals surface area contributed by atoms with Crippen LogP contribution in [0.25, 0.3) is 11.1 Å². The lowest BCUT2D eigenvalue weighted by molar-refractivity contribution is 0.217. The van der Waals surface area contributed by atoms with Gasteiger partial charge in [-0.3, -0.25) is 4.90 Å². The minimum absolute atomic E-state index is 0.140. The number of aliphatic hydroxyl groups excluding tert-OH is 1. The van der Waals surface area contributed by atoms with E-state index in [0.717, 1.165) is 54.1 Å². The zero-order valence-electron chi connectivity index (χ0n) is 21.5. The molecule has 2 fully saturated rings. The fraction of sp³-hybridized carbons (Fsp3) is 0.375. The van der Waals surface area contributed by atoms with Crippen LogP contribution in [0.1, 0.15) is 42.4 Å². The van der Waals surface area contributed by atoms with Crippen molar-refractivity contribution >= 4 is 11.1 Å². The SMILES string of the molecule is OCCCC(=C(c1ccc(O)cc1)c1ccc(OCCN2CCC3(CCNC3)C2)cc1)c1ccccc1. The maximum Gasteiger partial charge on any atom is 0.119 e. The largest absolute Gasteiger partial charge is 0.508 e. The molecule has 1 atom stereocenters. The van der Waals surface area contributed by atoms with Crippen molar-refractivity contribution in [1.82, 2.24) is 10.2 Å². The Balaban J connectivity index is 1.35. The van der Waals surface area contributed by atoms with Crippen LogP contribution in [0.2, 0.25) is 0 Å². The molecule has 194 valence electrons. The van der Waals surface area contributed by atoms with Gasteiger partial charge in [-0.15, -0.1) is 0 Å². The van der Waals surface area contributed by atoms with Gasteiger partial charge in [-0.25, -0.2) is 0 Å². The number of aromatic hydroxyl groups is 1. The normalized spacial score (nSPS) is 20.4. The van der Waals surface area contributed by atoms with E-state index < -0.39 is 0 Å². The van der Waals surface area contributed by atoms with Gasteiger partial charge in [-0.1, -0.05) is 54.6 Å². The monoisotopic (exact) mass is 498 g/mol. The van der Waals surface area contributed by atoms with Gasteiger partial charge in [-0.05, 0) is 96.3 Å². The van der Waals surface area contributed by atoms with E-state index in [0.29, 0.717) is 18.4 Å². The molecule has 3 aromatic carbocycles. The lowest BCUT2D eigenvalue weighted by Crippen LogP contribution is -2.31. The van der Waals surface area contributed by atoms with Gasteiger partial charge in [0.15, 0.2) is 0 Å². The van der Waals surface area contributed by atoms with Crippen LogP contribution in [0.15, 0.2) is 78.9 Å². The zero-order valence-corrected chi connectivity index (χ0v) is 21.5. The second-order valence-electron chi connectivity index (χ2n) is 10.4. The molecular formula is C32H38N2O3. The van der Waals surface area contributed by atoms with Gasteiger partial charge in [0.25, 0.3) is 0 Å². The van der Waals surface area contributed by atoms with E-state index in [1.165, 1.54) is 31.5 Å². The molecule has 2 aliphatic heterocycles. The minimum atomic E-state index is 0.140. The summed E-state index contributed by atoms with van der Waals surface area (Å²) < 4.78 is 6.15. The molecule has 0 aliphatic carbocycles. The summed E-state index contributed by atoms with van der Waals surface area (Å²) in [6, 6.07) is 26.1. The average molecular weight is 499 g/mol. The van der Waals surface area contributed by atoms with E-state index >= 15 is 0 Å². The maximum absolute atomic E-state index is 9.89. The molecule has 1 spiro atoms. The molecule has 0 aromatic heterocycles. The molecule has 0 amide bonds. The van der Waals surface area contributed by atoms with Crippen LogP contribution in [0.3, 0.4) is 0 Å². The molecule has 0 saturated carbocycles. The van der Waals surface area contributed by atoms with Gasteiger partial charge in [-0.2, -0.15) is 0 Å². The topological polar surface area (TPSA) is 65.0 Å². The number of hydrogen-bond donors (Lipinski definition) is 3. The Kier molecular flexibility index (Phi) is 8.24. The Hall–Kier alpha value is -3.12. The van der Waals surface area contributed by atoms with Crippen LogP contribution in [-0.4, -0.2) is 61.1 Å². The molecule has 5 nitrogen and oxygen atoms in total. The summed E-state index contributed by atoms with van der Waals surface area (Å²) >= 11 is 0. The zero-order chi connectivity index (χ0) is 25.5. The molecule has 0 radical (unpaired) electrons. The summed E-state index contributed by atoms with van der Waals surface area (Å²) in [5, 5.41) is 23.0. The predicted molar refractivity (Wildman–Crippen MR) is 150 cm³/mol. The van der Waals surface area contributed by atoms with Gasteiger partial charge in [0.05, 0.1) is 0 Å². The predicted octanol–water partition coefficient (Wildman–Crippen LogP) is 5.19. The first-order chi connectivity index (χ1) is 18.2.